The van der Waals surface area contributed by atoms with Crippen molar-refractivity contribution in [3.63, 3.8) is 0 Å². The lowest BCUT2D eigenvalue weighted by molar-refractivity contribution is 0.380. The van der Waals surface area contributed by atoms with Crippen LogP contribution in [0.2, 0.25) is 0 Å². The predicted octanol–water partition coefficient (Wildman–Crippen LogP) is 3.04. The molecule has 1 fully saturated rings. The van der Waals surface area contributed by atoms with Crippen molar-refractivity contribution in [1.82, 2.24) is 15.6 Å². The van der Waals surface area contributed by atoms with Crippen molar-refractivity contribution in [1.29, 1.82) is 0 Å². The summed E-state index contributed by atoms with van der Waals surface area (Å²) in [6.07, 6.45) is 10.4. The van der Waals surface area contributed by atoms with Crippen LogP contribution in [-0.4, -0.2) is 23.6 Å². The van der Waals surface area contributed by atoms with Crippen LogP contribution in [0.3, 0.4) is 0 Å². The molecule has 0 radical (unpaired) electrons. The van der Waals surface area contributed by atoms with E-state index in [1.54, 1.807) is 0 Å². The minimum Gasteiger partial charge on any atom is -0.314 e. The van der Waals surface area contributed by atoms with E-state index >= 15 is 0 Å². The van der Waals surface area contributed by atoms with Crippen LogP contribution in [0, 0.1) is 0 Å². The van der Waals surface area contributed by atoms with Crippen molar-refractivity contribution >= 4 is 0 Å². The van der Waals surface area contributed by atoms with E-state index in [4.69, 9.17) is 0 Å². The van der Waals surface area contributed by atoms with E-state index in [1.165, 1.54) is 44.2 Å². The molecule has 3 atom stereocenters. The highest BCUT2D eigenvalue weighted by Crippen LogP contribution is 2.15. The van der Waals surface area contributed by atoms with Gasteiger partial charge >= 0.3 is 0 Å². The topological polar surface area (TPSA) is 37.0 Å². The molecule has 1 saturated heterocycles. The predicted molar refractivity (Wildman–Crippen MR) is 80.1 cm³/mol. The lowest BCUT2D eigenvalue weighted by atomic mass is 10.0. The van der Waals surface area contributed by atoms with Gasteiger partial charge in [0.1, 0.15) is 0 Å². The molecule has 2 heterocycles. The summed E-state index contributed by atoms with van der Waals surface area (Å²) in [4.78, 5) is 4.19. The first-order chi connectivity index (χ1) is 9.25. The van der Waals surface area contributed by atoms with Crippen LogP contribution in [0.15, 0.2) is 24.5 Å². The molecule has 0 aliphatic carbocycles. The zero-order chi connectivity index (χ0) is 13.5. The SMILES string of the molecule is CC(CC1CCCCCN1)N[C@@H](C)c1cccnc1. The monoisotopic (exact) mass is 261 g/mol. The smallest absolute Gasteiger partial charge is 0.0315 e. The standard InChI is InChI=1S/C16H27N3/c1-13(11-16-8-4-3-5-10-18-16)19-14(2)15-7-6-9-17-12-15/h6-7,9,12-14,16,18-19H,3-5,8,10-11H2,1-2H3/t13?,14-,16?/m0/s1. The summed E-state index contributed by atoms with van der Waals surface area (Å²) in [6.45, 7) is 5.70. The minimum absolute atomic E-state index is 0.370. The van der Waals surface area contributed by atoms with Crippen LogP contribution in [-0.2, 0) is 0 Å². The Balaban J connectivity index is 1.78. The molecule has 1 aliphatic heterocycles. The molecule has 106 valence electrons. The van der Waals surface area contributed by atoms with Gasteiger partial charge in [0.05, 0.1) is 0 Å². The third kappa shape index (κ3) is 4.92. The second-order valence-corrected chi connectivity index (χ2v) is 5.81. The number of nitrogens with zero attached hydrogens (tertiary/aromatic N) is 1. The van der Waals surface area contributed by atoms with Crippen molar-refractivity contribution < 1.29 is 0 Å². The molecule has 2 N–H and O–H groups in total. The van der Waals surface area contributed by atoms with Gasteiger partial charge in [0, 0.05) is 30.5 Å². The number of aromatic nitrogens is 1. The lowest BCUT2D eigenvalue weighted by Crippen LogP contribution is -2.37. The summed E-state index contributed by atoms with van der Waals surface area (Å²) in [5.74, 6) is 0. The molecule has 1 aromatic rings. The van der Waals surface area contributed by atoms with E-state index < -0.39 is 0 Å². The summed E-state index contributed by atoms with van der Waals surface area (Å²) < 4.78 is 0. The Morgan fingerprint density at radius 2 is 2.26 bits per heavy atom. The van der Waals surface area contributed by atoms with E-state index in [2.05, 4.69) is 35.5 Å². The number of rotatable bonds is 5. The van der Waals surface area contributed by atoms with E-state index in [9.17, 15) is 0 Å². The van der Waals surface area contributed by atoms with Gasteiger partial charge in [-0.2, -0.15) is 0 Å². The van der Waals surface area contributed by atoms with Gasteiger partial charge in [-0.3, -0.25) is 4.98 Å². The number of hydrogen-bond donors (Lipinski definition) is 2. The molecule has 0 spiro atoms. The van der Waals surface area contributed by atoms with Gasteiger partial charge in [-0.15, -0.1) is 0 Å². The fraction of sp³-hybridized carbons (Fsp3) is 0.688. The molecular weight excluding hydrogens is 234 g/mol. The molecule has 0 amide bonds. The summed E-state index contributed by atoms with van der Waals surface area (Å²) in [5.41, 5.74) is 1.27. The van der Waals surface area contributed by atoms with Gasteiger partial charge < -0.3 is 10.6 Å². The lowest BCUT2D eigenvalue weighted by Gasteiger charge is -2.24. The maximum Gasteiger partial charge on any atom is 0.0315 e. The number of hydrogen-bond acceptors (Lipinski definition) is 3. The summed E-state index contributed by atoms with van der Waals surface area (Å²) in [5, 5.41) is 7.36. The molecule has 1 aliphatic rings. The molecule has 2 unspecified atom stereocenters. The number of pyridine rings is 1. The van der Waals surface area contributed by atoms with Gasteiger partial charge in [-0.1, -0.05) is 18.9 Å². The third-order valence-electron chi connectivity index (χ3n) is 4.02. The summed E-state index contributed by atoms with van der Waals surface area (Å²) in [7, 11) is 0. The molecular formula is C16H27N3. The quantitative estimate of drug-likeness (QED) is 0.855. The van der Waals surface area contributed by atoms with Crippen LogP contribution in [0.4, 0.5) is 0 Å². The van der Waals surface area contributed by atoms with Gasteiger partial charge in [-0.05, 0) is 51.3 Å². The highest BCUT2D eigenvalue weighted by Gasteiger charge is 2.16. The molecule has 0 aromatic carbocycles. The first-order valence-corrected chi connectivity index (χ1v) is 7.65. The Bertz CT molecular complexity index is 344. The Morgan fingerprint density at radius 3 is 3.05 bits per heavy atom. The molecule has 0 bridgehead atoms. The highest BCUT2D eigenvalue weighted by molar-refractivity contribution is 5.12. The Labute approximate surface area is 117 Å². The van der Waals surface area contributed by atoms with E-state index in [0.717, 1.165) is 0 Å². The Kier molecular flexibility index (Phi) is 5.80. The van der Waals surface area contributed by atoms with Crippen LogP contribution in [0.1, 0.15) is 57.6 Å². The molecule has 3 heteroatoms. The fourth-order valence-corrected chi connectivity index (χ4v) is 2.95. The average Bonchev–Trinajstić information content (AvgIpc) is 2.68. The zero-order valence-electron chi connectivity index (χ0n) is 12.2. The van der Waals surface area contributed by atoms with Crippen molar-refractivity contribution in [3.05, 3.63) is 30.1 Å². The first kappa shape index (κ1) is 14.5. The van der Waals surface area contributed by atoms with Crippen LogP contribution >= 0.6 is 0 Å². The summed E-state index contributed by atoms with van der Waals surface area (Å²) in [6, 6.07) is 5.73. The fourth-order valence-electron chi connectivity index (χ4n) is 2.95. The molecule has 0 saturated carbocycles. The van der Waals surface area contributed by atoms with Crippen molar-refractivity contribution in [2.24, 2.45) is 0 Å². The number of nitrogens with one attached hydrogen (secondary N) is 2. The third-order valence-corrected chi connectivity index (χ3v) is 4.02. The zero-order valence-corrected chi connectivity index (χ0v) is 12.2. The van der Waals surface area contributed by atoms with E-state index in [1.807, 2.05) is 18.5 Å². The molecule has 2 rings (SSSR count). The summed E-state index contributed by atoms with van der Waals surface area (Å²) >= 11 is 0. The van der Waals surface area contributed by atoms with Crippen molar-refractivity contribution in [2.75, 3.05) is 6.54 Å². The molecule has 3 nitrogen and oxygen atoms in total. The average molecular weight is 261 g/mol. The molecule has 1 aromatic heterocycles. The van der Waals surface area contributed by atoms with E-state index in [-0.39, 0.29) is 0 Å². The van der Waals surface area contributed by atoms with Crippen molar-refractivity contribution in [2.45, 2.75) is 64.1 Å². The van der Waals surface area contributed by atoms with Gasteiger partial charge in [0.25, 0.3) is 0 Å². The maximum atomic E-state index is 4.19. The maximum absolute atomic E-state index is 4.19. The Hall–Kier alpha value is -0.930. The highest BCUT2D eigenvalue weighted by atomic mass is 15.0. The van der Waals surface area contributed by atoms with Crippen LogP contribution in [0.25, 0.3) is 0 Å². The Morgan fingerprint density at radius 1 is 1.37 bits per heavy atom. The first-order valence-electron chi connectivity index (χ1n) is 7.65. The van der Waals surface area contributed by atoms with Gasteiger partial charge in [0.15, 0.2) is 0 Å². The van der Waals surface area contributed by atoms with E-state index in [0.29, 0.717) is 18.1 Å². The molecule has 19 heavy (non-hydrogen) atoms. The minimum atomic E-state index is 0.370. The van der Waals surface area contributed by atoms with Gasteiger partial charge in [-0.25, -0.2) is 0 Å². The normalized spacial score (nSPS) is 23.6. The second kappa shape index (κ2) is 7.61. The van der Waals surface area contributed by atoms with Crippen molar-refractivity contribution in [3.8, 4) is 0 Å². The van der Waals surface area contributed by atoms with Crippen LogP contribution < -0.4 is 10.6 Å². The largest absolute Gasteiger partial charge is 0.314 e. The second-order valence-electron chi connectivity index (χ2n) is 5.81. The van der Waals surface area contributed by atoms with Gasteiger partial charge in [0.2, 0.25) is 0 Å². The van der Waals surface area contributed by atoms with Crippen LogP contribution in [0.5, 0.6) is 0 Å².